The van der Waals surface area contributed by atoms with Crippen LogP contribution in [-0.2, 0) is 14.8 Å². The Morgan fingerprint density at radius 1 is 1.06 bits per heavy atom. The number of fused-ring (bicyclic) bond motifs is 1. The number of aromatic nitrogens is 2. The third kappa shape index (κ3) is 4.92. The Hall–Kier alpha value is -3.12. The topological polar surface area (TPSA) is 84.7 Å². The number of aryl methyl sites for hydroxylation is 1. The second-order valence-electron chi connectivity index (χ2n) is 8.50. The zero-order chi connectivity index (χ0) is 25.3. The number of halogens is 1. The van der Waals surface area contributed by atoms with E-state index in [1.807, 2.05) is 48.0 Å². The lowest BCUT2D eigenvalue weighted by atomic mass is 10.3. The molecule has 36 heavy (non-hydrogen) atoms. The van der Waals surface area contributed by atoms with Crippen molar-refractivity contribution in [2.24, 2.45) is 0 Å². The number of hydrogen-bond acceptors (Lipinski definition) is 7. The van der Waals surface area contributed by atoms with Crippen molar-refractivity contribution in [3.63, 3.8) is 0 Å². The highest BCUT2D eigenvalue weighted by atomic mass is 32.2. The van der Waals surface area contributed by atoms with Gasteiger partial charge in [0.1, 0.15) is 22.1 Å². The van der Waals surface area contributed by atoms with E-state index >= 15 is 0 Å². The zero-order valence-corrected chi connectivity index (χ0v) is 21.3. The van der Waals surface area contributed by atoms with Crippen LogP contribution < -0.4 is 0 Å². The predicted molar refractivity (Wildman–Crippen MR) is 136 cm³/mol. The number of benzene rings is 2. The van der Waals surface area contributed by atoms with Gasteiger partial charge in [0, 0.05) is 38.1 Å². The first-order valence-corrected chi connectivity index (χ1v) is 13.8. The predicted octanol–water partition coefficient (Wildman–Crippen LogP) is 3.70. The van der Waals surface area contributed by atoms with Crippen molar-refractivity contribution < 1.29 is 22.3 Å². The highest BCUT2D eigenvalue weighted by Crippen LogP contribution is 2.30. The van der Waals surface area contributed by atoms with E-state index in [9.17, 15) is 17.6 Å². The summed E-state index contributed by atoms with van der Waals surface area (Å²) in [6, 6.07) is 16.4. The first-order valence-electron chi connectivity index (χ1n) is 11.5. The van der Waals surface area contributed by atoms with Crippen molar-refractivity contribution in [2.75, 3.05) is 39.3 Å². The molecule has 1 fully saturated rings. The van der Waals surface area contributed by atoms with Gasteiger partial charge in [-0.3, -0.25) is 4.90 Å². The minimum Gasteiger partial charge on any atom is -0.460 e. The summed E-state index contributed by atoms with van der Waals surface area (Å²) in [5.41, 5.74) is 1.77. The standard InChI is InChI=1S/C25H25FN4O4S2/c1-18-22-17-23(35-24(22)30(27-18)20-5-3-2-4-6-20)25(31)34-16-15-28-11-13-29(14-12-28)36(32,33)21-9-7-19(26)8-10-21/h2-10,17H,11-16H2,1H3. The molecule has 1 aliphatic heterocycles. The van der Waals surface area contributed by atoms with Crippen LogP contribution in [0.1, 0.15) is 15.4 Å². The number of thiophene rings is 1. The van der Waals surface area contributed by atoms with Crippen molar-refractivity contribution in [3.8, 4) is 5.69 Å². The molecule has 0 atom stereocenters. The van der Waals surface area contributed by atoms with Crippen LogP contribution in [0.2, 0.25) is 0 Å². The molecule has 4 aromatic rings. The molecular weight excluding hydrogens is 503 g/mol. The lowest BCUT2D eigenvalue weighted by Crippen LogP contribution is -2.49. The van der Waals surface area contributed by atoms with Crippen LogP contribution in [0.4, 0.5) is 4.39 Å². The Bertz CT molecular complexity index is 1480. The summed E-state index contributed by atoms with van der Waals surface area (Å²) in [6.45, 7) is 4.32. The van der Waals surface area contributed by atoms with Crippen molar-refractivity contribution in [3.05, 3.63) is 77.1 Å². The summed E-state index contributed by atoms with van der Waals surface area (Å²) in [5, 5.41) is 5.52. The van der Waals surface area contributed by atoms with Gasteiger partial charge in [-0.2, -0.15) is 9.40 Å². The largest absolute Gasteiger partial charge is 0.460 e. The van der Waals surface area contributed by atoms with E-state index in [4.69, 9.17) is 4.74 Å². The van der Waals surface area contributed by atoms with Gasteiger partial charge in [0.05, 0.1) is 16.3 Å². The van der Waals surface area contributed by atoms with Gasteiger partial charge in [-0.05, 0) is 49.4 Å². The smallest absolute Gasteiger partial charge is 0.348 e. The summed E-state index contributed by atoms with van der Waals surface area (Å²) < 4.78 is 47.4. The fraction of sp³-hybridized carbons (Fsp3) is 0.280. The quantitative estimate of drug-likeness (QED) is 0.340. The number of carbonyl (C=O) groups excluding carboxylic acids is 1. The van der Waals surface area contributed by atoms with E-state index in [1.54, 1.807) is 0 Å². The van der Waals surface area contributed by atoms with E-state index in [-0.39, 0.29) is 17.5 Å². The van der Waals surface area contributed by atoms with Crippen molar-refractivity contribution in [2.45, 2.75) is 11.8 Å². The molecule has 0 bridgehead atoms. The Morgan fingerprint density at radius 2 is 1.75 bits per heavy atom. The second kappa shape index (κ2) is 10.1. The summed E-state index contributed by atoms with van der Waals surface area (Å²) in [4.78, 5) is 16.3. The van der Waals surface area contributed by atoms with Crippen LogP contribution in [0.25, 0.3) is 15.9 Å². The molecule has 8 nitrogen and oxygen atoms in total. The average Bonchev–Trinajstić information content (AvgIpc) is 3.46. The number of esters is 1. The van der Waals surface area contributed by atoms with E-state index in [0.29, 0.717) is 37.6 Å². The van der Waals surface area contributed by atoms with E-state index in [2.05, 4.69) is 10.00 Å². The monoisotopic (exact) mass is 528 g/mol. The molecule has 2 aromatic heterocycles. The molecule has 5 rings (SSSR count). The SMILES string of the molecule is Cc1nn(-c2ccccc2)c2sc(C(=O)OCCN3CCN(S(=O)(=O)c4ccc(F)cc4)CC3)cc12. The van der Waals surface area contributed by atoms with Gasteiger partial charge in [0.15, 0.2) is 0 Å². The molecule has 0 saturated carbocycles. The maximum atomic E-state index is 13.1. The Morgan fingerprint density at radius 3 is 2.44 bits per heavy atom. The first kappa shape index (κ1) is 24.6. The molecule has 1 aliphatic rings. The van der Waals surface area contributed by atoms with Crippen LogP contribution in [0.5, 0.6) is 0 Å². The number of rotatable bonds is 7. The van der Waals surface area contributed by atoms with Crippen molar-refractivity contribution in [1.29, 1.82) is 0 Å². The van der Waals surface area contributed by atoms with Gasteiger partial charge in [-0.15, -0.1) is 11.3 Å². The summed E-state index contributed by atoms with van der Waals surface area (Å²) in [7, 11) is -3.66. The molecule has 2 aromatic carbocycles. The maximum Gasteiger partial charge on any atom is 0.348 e. The minimum atomic E-state index is -3.66. The van der Waals surface area contributed by atoms with E-state index in [0.717, 1.165) is 33.7 Å². The second-order valence-corrected chi connectivity index (χ2v) is 11.5. The van der Waals surface area contributed by atoms with Crippen molar-refractivity contribution in [1.82, 2.24) is 19.0 Å². The van der Waals surface area contributed by atoms with Crippen LogP contribution in [0.3, 0.4) is 0 Å². The van der Waals surface area contributed by atoms with Gasteiger partial charge in [-0.25, -0.2) is 22.3 Å². The van der Waals surface area contributed by atoms with Gasteiger partial charge in [0.25, 0.3) is 0 Å². The summed E-state index contributed by atoms with van der Waals surface area (Å²) >= 11 is 1.35. The molecule has 0 aliphatic carbocycles. The molecule has 0 spiro atoms. The Labute approximate surface area is 212 Å². The van der Waals surface area contributed by atoms with Gasteiger partial charge in [-0.1, -0.05) is 18.2 Å². The molecule has 3 heterocycles. The van der Waals surface area contributed by atoms with Crippen LogP contribution >= 0.6 is 11.3 Å². The lowest BCUT2D eigenvalue weighted by molar-refractivity contribution is 0.0450. The van der Waals surface area contributed by atoms with Gasteiger partial charge < -0.3 is 4.74 Å². The molecule has 0 N–H and O–H groups in total. The minimum absolute atomic E-state index is 0.0836. The highest BCUT2D eigenvalue weighted by Gasteiger charge is 2.28. The Kier molecular flexibility index (Phi) is 6.89. The molecule has 0 unspecified atom stereocenters. The van der Waals surface area contributed by atoms with Gasteiger partial charge in [0.2, 0.25) is 10.0 Å². The maximum absolute atomic E-state index is 13.1. The molecule has 1 saturated heterocycles. The third-order valence-corrected chi connectivity index (χ3v) is 9.17. The van der Waals surface area contributed by atoms with Gasteiger partial charge >= 0.3 is 5.97 Å². The van der Waals surface area contributed by atoms with Crippen LogP contribution in [0, 0.1) is 12.7 Å². The molecule has 0 amide bonds. The highest BCUT2D eigenvalue weighted by molar-refractivity contribution is 7.89. The van der Waals surface area contributed by atoms with E-state index in [1.165, 1.54) is 27.8 Å². The van der Waals surface area contributed by atoms with Crippen LogP contribution in [0.15, 0.2) is 65.6 Å². The molecule has 188 valence electrons. The normalized spacial score (nSPS) is 15.4. The summed E-state index contributed by atoms with van der Waals surface area (Å²) in [5.74, 6) is -0.856. The number of piperazine rings is 1. The lowest BCUT2D eigenvalue weighted by Gasteiger charge is -2.33. The number of hydrogen-bond donors (Lipinski definition) is 0. The number of ether oxygens (including phenoxy) is 1. The zero-order valence-electron chi connectivity index (χ0n) is 19.6. The number of para-hydroxylation sites is 1. The van der Waals surface area contributed by atoms with Crippen LogP contribution in [-0.4, -0.2) is 72.7 Å². The number of carbonyl (C=O) groups is 1. The molecular formula is C25H25FN4O4S2. The fourth-order valence-electron chi connectivity index (χ4n) is 4.18. The molecule has 0 radical (unpaired) electrons. The number of sulfonamides is 1. The number of nitrogens with zero attached hydrogens (tertiary/aromatic N) is 4. The first-order chi connectivity index (χ1) is 17.3. The average molecular weight is 529 g/mol. The Balaban J connectivity index is 1.15. The van der Waals surface area contributed by atoms with E-state index < -0.39 is 15.8 Å². The van der Waals surface area contributed by atoms with Crippen molar-refractivity contribution >= 4 is 37.5 Å². The molecule has 11 heteroatoms. The summed E-state index contributed by atoms with van der Waals surface area (Å²) in [6.07, 6.45) is 0. The fourth-order valence-corrected chi connectivity index (χ4v) is 6.68. The third-order valence-electron chi connectivity index (χ3n) is 6.17.